The summed E-state index contributed by atoms with van der Waals surface area (Å²) in [6.45, 7) is 8.74. The average Bonchev–Trinajstić information content (AvgIpc) is 2.02. The lowest BCUT2D eigenvalue weighted by molar-refractivity contribution is -0.160. The molecule has 1 heterocycles. The van der Waals surface area contributed by atoms with E-state index in [9.17, 15) is 4.79 Å². The van der Waals surface area contributed by atoms with Gasteiger partial charge in [0.2, 0.25) is 0 Å². The van der Waals surface area contributed by atoms with Gasteiger partial charge >= 0.3 is 5.97 Å². The number of nitrogens with one attached hydrogen (secondary N) is 1. The Morgan fingerprint density at radius 2 is 2.07 bits per heavy atom. The second kappa shape index (κ2) is 4.30. The van der Waals surface area contributed by atoms with Crippen LogP contribution in [0.15, 0.2) is 0 Å². The molecule has 0 unspecified atom stereocenters. The van der Waals surface area contributed by atoms with Crippen LogP contribution < -0.4 is 5.32 Å². The fourth-order valence-electron chi connectivity index (χ4n) is 1.52. The predicted octanol–water partition coefficient (Wildman–Crippen LogP) is 1.72. The van der Waals surface area contributed by atoms with Gasteiger partial charge in [-0.3, -0.25) is 4.79 Å². The van der Waals surface area contributed by atoms with Crippen molar-refractivity contribution in [3.63, 3.8) is 0 Å². The minimum Gasteiger partial charge on any atom is -0.462 e. The summed E-state index contributed by atoms with van der Waals surface area (Å²) in [6.07, 6.45) is 1.98. The number of piperidine rings is 1. The molecule has 0 aromatic heterocycles. The molecule has 1 aliphatic rings. The van der Waals surface area contributed by atoms with Crippen LogP contribution in [0.1, 0.15) is 40.5 Å². The monoisotopic (exact) mass is 199 g/mol. The molecule has 1 N–H and O–H groups in total. The van der Waals surface area contributed by atoms with Gasteiger partial charge in [0, 0.05) is 6.04 Å². The molecule has 14 heavy (non-hydrogen) atoms. The van der Waals surface area contributed by atoms with Gasteiger partial charge in [0.1, 0.15) is 6.10 Å². The number of rotatable bonds is 1. The Morgan fingerprint density at radius 3 is 2.57 bits per heavy atom. The molecule has 0 aromatic carbocycles. The van der Waals surface area contributed by atoms with Crippen molar-refractivity contribution >= 4 is 5.97 Å². The quantitative estimate of drug-likeness (QED) is 0.653. The summed E-state index contributed by atoms with van der Waals surface area (Å²) in [5, 5.41) is 3.33. The van der Waals surface area contributed by atoms with E-state index in [4.69, 9.17) is 4.74 Å². The first-order valence-corrected chi connectivity index (χ1v) is 5.34. The van der Waals surface area contributed by atoms with Gasteiger partial charge in [-0.05, 0) is 47.1 Å². The van der Waals surface area contributed by atoms with Crippen LogP contribution in [0.25, 0.3) is 0 Å². The Balaban J connectivity index is 2.40. The maximum atomic E-state index is 11.6. The highest BCUT2D eigenvalue weighted by atomic mass is 16.5. The number of hydrogen-bond acceptors (Lipinski definition) is 3. The first-order chi connectivity index (χ1) is 6.39. The van der Waals surface area contributed by atoms with Crippen LogP contribution in [0.3, 0.4) is 0 Å². The summed E-state index contributed by atoms with van der Waals surface area (Å²) in [6, 6.07) is 0.460. The van der Waals surface area contributed by atoms with Crippen LogP contribution >= 0.6 is 0 Å². The summed E-state index contributed by atoms with van der Waals surface area (Å²) < 4.78 is 5.45. The number of esters is 1. The summed E-state index contributed by atoms with van der Waals surface area (Å²) in [4.78, 5) is 11.6. The number of carbonyl (C=O) groups is 1. The first-order valence-electron chi connectivity index (χ1n) is 5.34. The van der Waals surface area contributed by atoms with Crippen LogP contribution in [0, 0.1) is 5.41 Å². The number of carbonyl (C=O) groups excluding carboxylic acids is 1. The Kier molecular flexibility index (Phi) is 3.53. The molecule has 3 heteroatoms. The molecule has 3 nitrogen and oxygen atoms in total. The van der Waals surface area contributed by atoms with Crippen LogP contribution in [-0.2, 0) is 9.53 Å². The third-order valence-corrected chi connectivity index (χ3v) is 2.46. The van der Waals surface area contributed by atoms with E-state index < -0.39 is 0 Å². The van der Waals surface area contributed by atoms with E-state index in [2.05, 4.69) is 12.2 Å². The molecule has 1 rings (SSSR count). The second-order valence-corrected chi connectivity index (χ2v) is 5.16. The fraction of sp³-hybridized carbons (Fsp3) is 0.909. The van der Waals surface area contributed by atoms with Gasteiger partial charge in [-0.1, -0.05) is 0 Å². The van der Waals surface area contributed by atoms with E-state index >= 15 is 0 Å². The van der Waals surface area contributed by atoms with Crippen LogP contribution in [0.4, 0.5) is 0 Å². The van der Waals surface area contributed by atoms with E-state index in [0.717, 1.165) is 19.4 Å². The van der Waals surface area contributed by atoms with Crippen molar-refractivity contribution in [2.24, 2.45) is 5.41 Å². The summed E-state index contributed by atoms with van der Waals surface area (Å²) in [5.74, 6) is -0.0865. The molecule has 0 spiro atoms. The van der Waals surface area contributed by atoms with E-state index in [-0.39, 0.29) is 17.5 Å². The molecule has 0 aliphatic carbocycles. The lowest BCUT2D eigenvalue weighted by atomic mass is 9.96. The SMILES string of the molecule is C[C@H]1C[C@@H](OC(=O)C(C)(C)C)CCN1. The van der Waals surface area contributed by atoms with E-state index in [1.165, 1.54) is 0 Å². The standard InChI is InChI=1S/C11H21NO2/c1-8-7-9(5-6-12-8)14-10(13)11(2,3)4/h8-9,12H,5-7H2,1-4H3/t8-,9-/m0/s1. The lowest BCUT2D eigenvalue weighted by Gasteiger charge is -2.30. The minimum absolute atomic E-state index is 0.0865. The summed E-state index contributed by atoms with van der Waals surface area (Å²) >= 11 is 0. The predicted molar refractivity (Wildman–Crippen MR) is 56.0 cm³/mol. The molecule has 0 bridgehead atoms. The first kappa shape index (κ1) is 11.5. The van der Waals surface area contributed by atoms with Crippen molar-refractivity contribution in [3.05, 3.63) is 0 Å². The molecule has 0 amide bonds. The molecule has 1 aliphatic heterocycles. The van der Waals surface area contributed by atoms with Crippen LogP contribution in [-0.4, -0.2) is 24.7 Å². The Labute approximate surface area is 86.2 Å². The Bertz CT molecular complexity index is 208. The molecule has 0 radical (unpaired) electrons. The van der Waals surface area contributed by atoms with Crippen molar-refractivity contribution in [2.45, 2.75) is 52.7 Å². The van der Waals surface area contributed by atoms with Gasteiger partial charge in [0.25, 0.3) is 0 Å². The lowest BCUT2D eigenvalue weighted by Crippen LogP contribution is -2.41. The molecule has 0 aromatic rings. The van der Waals surface area contributed by atoms with Crippen LogP contribution in [0.2, 0.25) is 0 Å². The fourth-order valence-corrected chi connectivity index (χ4v) is 1.52. The highest BCUT2D eigenvalue weighted by Crippen LogP contribution is 2.20. The topological polar surface area (TPSA) is 38.3 Å². The van der Waals surface area contributed by atoms with Gasteiger partial charge in [-0.25, -0.2) is 0 Å². The molecule has 1 saturated heterocycles. The Morgan fingerprint density at radius 1 is 1.43 bits per heavy atom. The van der Waals surface area contributed by atoms with Gasteiger partial charge in [-0.2, -0.15) is 0 Å². The molecular formula is C11H21NO2. The van der Waals surface area contributed by atoms with E-state index in [1.54, 1.807) is 0 Å². The third kappa shape index (κ3) is 3.29. The van der Waals surface area contributed by atoms with Gasteiger partial charge in [0.05, 0.1) is 5.41 Å². The van der Waals surface area contributed by atoms with Gasteiger partial charge < -0.3 is 10.1 Å². The zero-order valence-corrected chi connectivity index (χ0v) is 9.59. The largest absolute Gasteiger partial charge is 0.462 e. The van der Waals surface area contributed by atoms with Gasteiger partial charge in [0.15, 0.2) is 0 Å². The average molecular weight is 199 g/mol. The Hall–Kier alpha value is -0.570. The van der Waals surface area contributed by atoms with E-state index in [1.807, 2.05) is 20.8 Å². The smallest absolute Gasteiger partial charge is 0.311 e. The maximum absolute atomic E-state index is 11.6. The van der Waals surface area contributed by atoms with Crippen molar-refractivity contribution in [1.29, 1.82) is 0 Å². The van der Waals surface area contributed by atoms with Gasteiger partial charge in [-0.15, -0.1) is 0 Å². The minimum atomic E-state index is -0.381. The highest BCUT2D eigenvalue weighted by molar-refractivity contribution is 5.75. The van der Waals surface area contributed by atoms with Crippen molar-refractivity contribution in [2.75, 3.05) is 6.54 Å². The highest BCUT2D eigenvalue weighted by Gasteiger charge is 2.28. The maximum Gasteiger partial charge on any atom is 0.311 e. The normalized spacial score (nSPS) is 28.6. The van der Waals surface area contributed by atoms with E-state index in [0.29, 0.717) is 6.04 Å². The summed E-state index contributed by atoms with van der Waals surface area (Å²) in [5.41, 5.74) is -0.381. The van der Waals surface area contributed by atoms with Crippen molar-refractivity contribution in [3.8, 4) is 0 Å². The van der Waals surface area contributed by atoms with Crippen molar-refractivity contribution < 1.29 is 9.53 Å². The molecule has 82 valence electrons. The number of ether oxygens (including phenoxy) is 1. The zero-order chi connectivity index (χ0) is 10.8. The molecule has 2 atom stereocenters. The third-order valence-electron chi connectivity index (χ3n) is 2.46. The zero-order valence-electron chi connectivity index (χ0n) is 9.59. The second-order valence-electron chi connectivity index (χ2n) is 5.16. The van der Waals surface area contributed by atoms with Crippen molar-refractivity contribution in [1.82, 2.24) is 5.32 Å². The summed E-state index contributed by atoms with van der Waals surface area (Å²) in [7, 11) is 0. The number of hydrogen-bond donors (Lipinski definition) is 1. The molecule has 1 fully saturated rings. The van der Waals surface area contributed by atoms with Crippen LogP contribution in [0.5, 0.6) is 0 Å². The molecular weight excluding hydrogens is 178 g/mol. The molecule has 0 saturated carbocycles.